The molecule has 2 aromatic rings. The van der Waals surface area contributed by atoms with E-state index in [1.807, 2.05) is 19.2 Å². The Morgan fingerprint density at radius 3 is 2.09 bits per heavy atom. The van der Waals surface area contributed by atoms with Crippen LogP contribution in [0.15, 0.2) is 48.5 Å². The molecule has 1 aliphatic carbocycles. The third-order valence-electron chi connectivity index (χ3n) is 5.15. The summed E-state index contributed by atoms with van der Waals surface area (Å²) < 4.78 is 13.0. The Kier molecular flexibility index (Phi) is 3.99. The highest BCUT2D eigenvalue weighted by atomic mass is 19.1. The SMILES string of the molecule is BC1(c2ccc(N(C)c3ccc(F)cc3)cc2)CCC(C)C1. The van der Waals surface area contributed by atoms with E-state index in [4.69, 9.17) is 0 Å². The topological polar surface area (TPSA) is 3.24 Å². The van der Waals surface area contributed by atoms with E-state index in [1.165, 1.54) is 37.0 Å². The van der Waals surface area contributed by atoms with Crippen molar-refractivity contribution >= 4 is 19.2 Å². The van der Waals surface area contributed by atoms with E-state index in [1.54, 1.807) is 0 Å². The second-order valence-electron chi connectivity index (χ2n) is 6.99. The zero-order valence-electron chi connectivity index (χ0n) is 13.6. The van der Waals surface area contributed by atoms with Crippen LogP contribution in [0.25, 0.3) is 0 Å². The summed E-state index contributed by atoms with van der Waals surface area (Å²) in [6.45, 7) is 2.35. The molecule has 0 spiro atoms. The molecule has 2 aromatic carbocycles. The number of rotatable bonds is 3. The first-order chi connectivity index (χ1) is 10.5. The minimum atomic E-state index is -0.198. The number of anilines is 2. The van der Waals surface area contributed by atoms with Gasteiger partial charge in [0.25, 0.3) is 0 Å². The zero-order valence-corrected chi connectivity index (χ0v) is 13.6. The standard InChI is InChI=1S/C19H23BFN/c1-14-11-12-19(20,13-14)15-3-7-17(8-4-15)22(2)18-9-5-16(21)6-10-18/h3-10,14H,11-13,20H2,1-2H3. The molecule has 2 unspecified atom stereocenters. The minimum Gasteiger partial charge on any atom is -0.345 e. The van der Waals surface area contributed by atoms with Crippen molar-refractivity contribution in [2.24, 2.45) is 5.92 Å². The average Bonchev–Trinajstić information content (AvgIpc) is 2.88. The van der Waals surface area contributed by atoms with Crippen molar-refractivity contribution in [3.05, 3.63) is 59.9 Å². The molecule has 114 valence electrons. The van der Waals surface area contributed by atoms with Gasteiger partial charge in [-0.1, -0.05) is 31.9 Å². The highest BCUT2D eigenvalue weighted by Gasteiger charge is 2.34. The third kappa shape index (κ3) is 2.90. The van der Waals surface area contributed by atoms with Gasteiger partial charge in [0.2, 0.25) is 0 Å². The Morgan fingerprint density at radius 2 is 1.59 bits per heavy atom. The maximum Gasteiger partial charge on any atom is 0.123 e. The predicted octanol–water partition coefficient (Wildman–Crippen LogP) is 4.24. The molecule has 0 heterocycles. The molecule has 1 aliphatic rings. The van der Waals surface area contributed by atoms with Crippen molar-refractivity contribution in [1.29, 1.82) is 0 Å². The molecule has 1 saturated carbocycles. The summed E-state index contributed by atoms with van der Waals surface area (Å²) in [4.78, 5) is 2.09. The summed E-state index contributed by atoms with van der Waals surface area (Å²) >= 11 is 0. The molecule has 0 aromatic heterocycles. The summed E-state index contributed by atoms with van der Waals surface area (Å²) in [6.07, 6.45) is 3.88. The predicted molar refractivity (Wildman–Crippen MR) is 94.1 cm³/mol. The summed E-state index contributed by atoms with van der Waals surface area (Å²) in [5.74, 6) is 0.627. The molecular formula is C19H23BFN. The van der Waals surface area contributed by atoms with Gasteiger partial charge in [-0.2, -0.15) is 0 Å². The lowest BCUT2D eigenvalue weighted by Crippen LogP contribution is -2.22. The van der Waals surface area contributed by atoms with Gasteiger partial charge in [-0.05, 0) is 59.6 Å². The van der Waals surface area contributed by atoms with Gasteiger partial charge in [-0.3, -0.25) is 0 Å². The van der Waals surface area contributed by atoms with Crippen LogP contribution in [0, 0.1) is 11.7 Å². The van der Waals surface area contributed by atoms with Gasteiger partial charge >= 0.3 is 0 Å². The van der Waals surface area contributed by atoms with E-state index in [2.05, 4.69) is 43.9 Å². The zero-order chi connectivity index (χ0) is 15.7. The van der Waals surface area contributed by atoms with E-state index in [0.29, 0.717) is 5.31 Å². The Bertz CT molecular complexity index is 637. The molecular weight excluding hydrogens is 272 g/mol. The second kappa shape index (κ2) is 5.79. The number of halogens is 1. The molecule has 3 rings (SSSR count). The van der Waals surface area contributed by atoms with Crippen molar-refractivity contribution in [1.82, 2.24) is 0 Å². The molecule has 0 N–H and O–H groups in total. The Balaban J connectivity index is 1.80. The largest absolute Gasteiger partial charge is 0.345 e. The fraction of sp³-hybridized carbons (Fsp3) is 0.368. The smallest absolute Gasteiger partial charge is 0.123 e. The van der Waals surface area contributed by atoms with Crippen molar-refractivity contribution < 1.29 is 4.39 Å². The maximum absolute atomic E-state index is 13.0. The molecule has 0 amide bonds. The average molecular weight is 295 g/mol. The minimum absolute atomic E-state index is 0.198. The molecule has 1 nitrogen and oxygen atoms in total. The van der Waals surface area contributed by atoms with E-state index in [0.717, 1.165) is 17.3 Å². The van der Waals surface area contributed by atoms with Gasteiger partial charge in [0.1, 0.15) is 13.7 Å². The molecule has 0 aliphatic heterocycles. The molecule has 0 radical (unpaired) electrons. The van der Waals surface area contributed by atoms with Gasteiger partial charge in [-0.15, -0.1) is 0 Å². The number of hydrogen-bond donors (Lipinski definition) is 0. The third-order valence-corrected chi connectivity index (χ3v) is 5.15. The highest BCUT2D eigenvalue weighted by molar-refractivity contribution is 6.16. The molecule has 0 saturated heterocycles. The van der Waals surface area contributed by atoms with Crippen LogP contribution in [-0.2, 0) is 5.31 Å². The summed E-state index contributed by atoms with van der Waals surface area (Å²) in [5, 5.41) is 0.326. The van der Waals surface area contributed by atoms with Crippen molar-refractivity contribution in [3.63, 3.8) is 0 Å². The van der Waals surface area contributed by atoms with E-state index >= 15 is 0 Å². The Labute approximate surface area is 133 Å². The first-order valence-corrected chi connectivity index (χ1v) is 8.08. The van der Waals surface area contributed by atoms with Crippen LogP contribution < -0.4 is 4.90 Å². The summed E-state index contributed by atoms with van der Waals surface area (Å²) in [6, 6.07) is 15.5. The monoisotopic (exact) mass is 295 g/mol. The lowest BCUT2D eigenvalue weighted by atomic mass is 9.62. The Morgan fingerprint density at radius 1 is 1.05 bits per heavy atom. The number of benzene rings is 2. The quantitative estimate of drug-likeness (QED) is 0.765. The number of nitrogens with zero attached hydrogens (tertiary/aromatic N) is 1. The van der Waals surface area contributed by atoms with Crippen molar-refractivity contribution in [2.45, 2.75) is 31.5 Å². The van der Waals surface area contributed by atoms with Gasteiger partial charge in [-0.25, -0.2) is 4.39 Å². The fourth-order valence-electron chi connectivity index (χ4n) is 3.70. The van der Waals surface area contributed by atoms with Crippen molar-refractivity contribution in [2.75, 3.05) is 11.9 Å². The first kappa shape index (κ1) is 15.1. The molecule has 3 heteroatoms. The van der Waals surface area contributed by atoms with E-state index < -0.39 is 0 Å². The molecule has 22 heavy (non-hydrogen) atoms. The van der Waals surface area contributed by atoms with E-state index in [9.17, 15) is 4.39 Å². The normalized spacial score (nSPS) is 24.4. The Hall–Kier alpha value is -1.77. The van der Waals surface area contributed by atoms with Crippen LogP contribution >= 0.6 is 0 Å². The van der Waals surface area contributed by atoms with Crippen LogP contribution in [0.3, 0.4) is 0 Å². The lowest BCUT2D eigenvalue weighted by molar-refractivity contribution is 0.568. The van der Waals surface area contributed by atoms with Gasteiger partial charge < -0.3 is 4.90 Å². The van der Waals surface area contributed by atoms with Gasteiger partial charge in [0, 0.05) is 18.4 Å². The van der Waals surface area contributed by atoms with Gasteiger partial charge in [0.15, 0.2) is 0 Å². The van der Waals surface area contributed by atoms with Crippen LogP contribution in [0.1, 0.15) is 31.7 Å². The van der Waals surface area contributed by atoms with Crippen LogP contribution in [0.5, 0.6) is 0 Å². The first-order valence-electron chi connectivity index (χ1n) is 8.08. The number of hydrogen-bond acceptors (Lipinski definition) is 1. The lowest BCUT2D eigenvalue weighted by Gasteiger charge is -2.26. The van der Waals surface area contributed by atoms with Crippen LogP contribution in [0.4, 0.5) is 15.8 Å². The van der Waals surface area contributed by atoms with Gasteiger partial charge in [0.05, 0.1) is 0 Å². The maximum atomic E-state index is 13.0. The molecule has 1 fully saturated rings. The second-order valence-corrected chi connectivity index (χ2v) is 6.99. The molecule has 2 atom stereocenters. The van der Waals surface area contributed by atoms with E-state index in [-0.39, 0.29) is 5.82 Å². The van der Waals surface area contributed by atoms with Crippen LogP contribution in [-0.4, -0.2) is 14.9 Å². The molecule has 0 bridgehead atoms. The van der Waals surface area contributed by atoms with Crippen LogP contribution in [0.2, 0.25) is 0 Å². The van der Waals surface area contributed by atoms with Crippen molar-refractivity contribution in [3.8, 4) is 0 Å². The fourth-order valence-corrected chi connectivity index (χ4v) is 3.70. The summed E-state index contributed by atoms with van der Waals surface area (Å²) in [7, 11) is 4.40. The summed E-state index contributed by atoms with van der Waals surface area (Å²) in [5.41, 5.74) is 3.56. The highest BCUT2D eigenvalue weighted by Crippen LogP contribution is 2.42.